The van der Waals surface area contributed by atoms with Crippen LogP contribution in [0.1, 0.15) is 25.3 Å². The zero-order valence-corrected chi connectivity index (χ0v) is 34.9. The third-order valence-corrected chi connectivity index (χ3v) is 13.7. The van der Waals surface area contributed by atoms with E-state index >= 15 is 0 Å². The molecular formula is C58H40N6. The SMILES string of the molecule is C1=CCC(n2c3ccccc3c3ccc4c5ccccc5n(-c5cc(-n6c7ccccc7c7ccc8c9ccccc9n(C9=CCCC=C9)c8c76)nc(-c6ccccc6)n5)c4c32)C=C1. The maximum Gasteiger partial charge on any atom is 0.163 e. The molecule has 0 saturated heterocycles. The zero-order chi connectivity index (χ0) is 41.9. The van der Waals surface area contributed by atoms with Gasteiger partial charge in [-0.05, 0) is 49.6 Å². The van der Waals surface area contributed by atoms with Gasteiger partial charge >= 0.3 is 0 Å². The van der Waals surface area contributed by atoms with E-state index in [4.69, 9.17) is 9.97 Å². The monoisotopic (exact) mass is 820 g/mol. The van der Waals surface area contributed by atoms with E-state index < -0.39 is 0 Å². The summed E-state index contributed by atoms with van der Waals surface area (Å²) in [5, 5.41) is 9.69. The molecule has 0 N–H and O–H groups in total. The lowest BCUT2D eigenvalue weighted by atomic mass is 10.1. The predicted octanol–water partition coefficient (Wildman–Crippen LogP) is 14.8. The second-order valence-electron chi connectivity index (χ2n) is 17.2. The van der Waals surface area contributed by atoms with Crippen LogP contribution in [-0.2, 0) is 0 Å². The van der Waals surface area contributed by atoms with Crippen molar-refractivity contribution < 1.29 is 0 Å². The highest BCUT2D eigenvalue weighted by Crippen LogP contribution is 2.45. The van der Waals surface area contributed by atoms with Crippen LogP contribution >= 0.6 is 0 Å². The molecule has 64 heavy (non-hydrogen) atoms. The number of fused-ring (bicyclic) bond motifs is 14. The highest BCUT2D eigenvalue weighted by atomic mass is 15.2. The first-order valence-corrected chi connectivity index (χ1v) is 22.4. The lowest BCUT2D eigenvalue weighted by Gasteiger charge is -2.20. The second kappa shape index (κ2) is 13.6. The van der Waals surface area contributed by atoms with Crippen molar-refractivity contribution in [3.05, 3.63) is 200 Å². The van der Waals surface area contributed by atoms with Crippen LogP contribution in [0.15, 0.2) is 200 Å². The van der Waals surface area contributed by atoms with Crippen molar-refractivity contribution in [1.29, 1.82) is 0 Å². The number of hydrogen-bond donors (Lipinski definition) is 0. The minimum Gasteiger partial charge on any atom is -0.331 e. The Labute approximate surface area is 368 Å². The molecule has 302 valence electrons. The van der Waals surface area contributed by atoms with E-state index in [2.05, 4.69) is 219 Å². The number of benzene rings is 7. The molecular weight excluding hydrogens is 781 g/mol. The van der Waals surface area contributed by atoms with E-state index in [1.54, 1.807) is 0 Å². The summed E-state index contributed by atoms with van der Waals surface area (Å²) in [7, 11) is 0. The molecule has 0 fully saturated rings. The molecule has 12 aromatic rings. The van der Waals surface area contributed by atoms with E-state index in [1.165, 1.54) is 70.9 Å². The van der Waals surface area contributed by atoms with Gasteiger partial charge in [0.25, 0.3) is 0 Å². The molecule has 0 spiro atoms. The maximum atomic E-state index is 5.59. The minimum atomic E-state index is 0.159. The van der Waals surface area contributed by atoms with Crippen molar-refractivity contribution in [3.63, 3.8) is 0 Å². The first kappa shape index (κ1) is 35.4. The van der Waals surface area contributed by atoms with Gasteiger partial charge in [-0.1, -0.05) is 164 Å². The van der Waals surface area contributed by atoms with Gasteiger partial charge in [0, 0.05) is 65.9 Å². The fourth-order valence-corrected chi connectivity index (χ4v) is 11.0. The summed E-state index contributed by atoms with van der Waals surface area (Å²) in [5.74, 6) is 2.30. The molecule has 2 aliphatic rings. The highest BCUT2D eigenvalue weighted by Gasteiger charge is 2.26. The Morgan fingerprint density at radius 1 is 0.422 bits per heavy atom. The normalized spacial score (nSPS) is 15.4. The van der Waals surface area contributed by atoms with E-state index in [9.17, 15) is 0 Å². The van der Waals surface area contributed by atoms with Gasteiger partial charge in [-0.3, -0.25) is 9.13 Å². The first-order chi connectivity index (χ1) is 31.8. The Morgan fingerprint density at radius 3 is 1.48 bits per heavy atom. The minimum absolute atomic E-state index is 0.159. The van der Waals surface area contributed by atoms with Gasteiger partial charge in [0.2, 0.25) is 0 Å². The fraction of sp³-hybridized carbons (Fsp3) is 0.0690. The number of nitrogens with zero attached hydrogens (tertiary/aromatic N) is 6. The molecule has 0 aliphatic heterocycles. The van der Waals surface area contributed by atoms with Gasteiger partial charge in [-0.25, -0.2) is 9.97 Å². The van der Waals surface area contributed by atoms with Crippen molar-refractivity contribution in [1.82, 2.24) is 28.2 Å². The summed E-state index contributed by atoms with van der Waals surface area (Å²) in [5.41, 5.74) is 11.4. The van der Waals surface area contributed by atoms with Crippen LogP contribution in [0.2, 0.25) is 0 Å². The average Bonchev–Trinajstić information content (AvgIpc) is 4.10. The average molecular weight is 821 g/mol. The van der Waals surface area contributed by atoms with Crippen LogP contribution in [-0.4, -0.2) is 28.2 Å². The molecule has 6 nitrogen and oxygen atoms in total. The Morgan fingerprint density at radius 2 is 0.922 bits per heavy atom. The molecule has 1 atom stereocenters. The van der Waals surface area contributed by atoms with Crippen molar-refractivity contribution in [2.45, 2.75) is 25.3 Å². The van der Waals surface area contributed by atoms with Crippen LogP contribution < -0.4 is 0 Å². The van der Waals surface area contributed by atoms with Gasteiger partial charge < -0.3 is 9.13 Å². The van der Waals surface area contributed by atoms with E-state index in [-0.39, 0.29) is 6.04 Å². The summed E-state index contributed by atoms with van der Waals surface area (Å²) >= 11 is 0. The standard InChI is InChI=1S/C58H40N6/c1-4-18-37(19-5-1)58-59-52(63-50-30-16-12-26-42(50)46-34-32-44-40-24-10-14-28-48(40)61(54(44)56(46)63)38-20-6-2-7-21-38)36-53(60-58)64-51-31-17-13-27-43(51)47-35-33-45-41-25-11-15-29-49(41)62(55(45)57(47)64)39-22-8-3-9-23-39/h1-2,4-8,10-20,22-36,38H,3,9,21H2. The van der Waals surface area contributed by atoms with Crippen molar-refractivity contribution in [3.8, 4) is 23.0 Å². The van der Waals surface area contributed by atoms with Crippen molar-refractivity contribution >= 4 is 92.9 Å². The largest absolute Gasteiger partial charge is 0.331 e. The topological polar surface area (TPSA) is 45.5 Å². The van der Waals surface area contributed by atoms with Crippen molar-refractivity contribution in [2.75, 3.05) is 0 Å². The lowest BCUT2D eigenvalue weighted by molar-refractivity contribution is 0.648. The predicted molar refractivity (Wildman–Crippen MR) is 267 cm³/mol. The van der Waals surface area contributed by atoms with Gasteiger partial charge in [0.1, 0.15) is 11.6 Å². The van der Waals surface area contributed by atoms with Gasteiger partial charge in [-0.15, -0.1) is 0 Å². The first-order valence-electron chi connectivity index (χ1n) is 22.4. The van der Waals surface area contributed by atoms with Crippen LogP contribution in [0.5, 0.6) is 0 Å². The van der Waals surface area contributed by atoms with Crippen LogP contribution in [0, 0.1) is 0 Å². The Hall–Kier alpha value is -8.22. The van der Waals surface area contributed by atoms with E-state index in [1.807, 2.05) is 0 Å². The third kappa shape index (κ3) is 4.96. The van der Waals surface area contributed by atoms with Crippen LogP contribution in [0.25, 0.3) is 116 Å². The van der Waals surface area contributed by atoms with E-state index in [0.29, 0.717) is 5.82 Å². The summed E-state index contributed by atoms with van der Waals surface area (Å²) in [6.45, 7) is 0. The molecule has 1 unspecified atom stereocenters. The molecule has 0 amide bonds. The number of allylic oxidation sites excluding steroid dienone is 8. The number of hydrogen-bond acceptors (Lipinski definition) is 2. The molecule has 6 heteroatoms. The molecule has 14 rings (SSSR count). The third-order valence-electron chi connectivity index (χ3n) is 13.7. The molecule has 0 radical (unpaired) electrons. The second-order valence-corrected chi connectivity index (χ2v) is 17.2. The van der Waals surface area contributed by atoms with Gasteiger partial charge in [-0.2, -0.15) is 0 Å². The zero-order valence-electron chi connectivity index (χ0n) is 34.9. The lowest BCUT2D eigenvalue weighted by Crippen LogP contribution is -2.09. The van der Waals surface area contributed by atoms with Gasteiger partial charge in [0.15, 0.2) is 5.82 Å². The van der Waals surface area contributed by atoms with Crippen molar-refractivity contribution in [2.24, 2.45) is 0 Å². The summed E-state index contributed by atoms with van der Waals surface area (Å²) < 4.78 is 9.88. The Bertz CT molecular complexity index is 4050. The van der Waals surface area contributed by atoms with Crippen LogP contribution in [0.3, 0.4) is 0 Å². The quantitative estimate of drug-likeness (QED) is 0.174. The molecule has 0 saturated carbocycles. The molecule has 5 aromatic heterocycles. The summed E-state index contributed by atoms with van der Waals surface area (Å²) in [6.07, 6.45) is 18.9. The molecule has 0 bridgehead atoms. The molecule has 5 heterocycles. The van der Waals surface area contributed by atoms with Crippen LogP contribution in [0.4, 0.5) is 0 Å². The Kier molecular flexibility index (Phi) is 7.54. The molecule has 7 aromatic carbocycles. The smallest absolute Gasteiger partial charge is 0.163 e. The Balaban J connectivity index is 1.16. The fourth-order valence-electron chi connectivity index (χ4n) is 11.0. The number of para-hydroxylation sites is 4. The van der Waals surface area contributed by atoms with Gasteiger partial charge in [0.05, 0.1) is 44.7 Å². The van der Waals surface area contributed by atoms with E-state index in [0.717, 1.165) is 58.5 Å². The number of rotatable bonds is 5. The number of aromatic nitrogens is 6. The maximum absolute atomic E-state index is 5.59. The summed E-state index contributed by atoms with van der Waals surface area (Å²) in [4.78, 5) is 11.2. The highest BCUT2D eigenvalue weighted by molar-refractivity contribution is 6.25. The molecule has 2 aliphatic carbocycles. The summed E-state index contributed by atoms with van der Waals surface area (Å²) in [6, 6.07) is 57.4.